The number of hydrogen-bond donors (Lipinski definition) is 1. The van der Waals surface area contributed by atoms with Gasteiger partial charge in [-0.2, -0.15) is 8.78 Å². The highest BCUT2D eigenvalue weighted by molar-refractivity contribution is 7.12. The molecule has 0 fully saturated rings. The van der Waals surface area contributed by atoms with Crippen molar-refractivity contribution in [2.45, 2.75) is 26.1 Å². The molecule has 2 nitrogen and oxygen atoms in total. The first-order chi connectivity index (χ1) is 9.10. The number of rotatable bonds is 5. The topological polar surface area (TPSA) is 29.5 Å². The quantitative estimate of drug-likeness (QED) is 0.899. The number of aliphatic hydroxyl groups excluding tert-OH is 1. The van der Waals surface area contributed by atoms with Gasteiger partial charge in [0.15, 0.2) is 0 Å². The van der Waals surface area contributed by atoms with Gasteiger partial charge in [-0.3, -0.25) is 0 Å². The molecule has 1 unspecified atom stereocenters. The van der Waals surface area contributed by atoms with Crippen LogP contribution in [0, 0.1) is 0 Å². The van der Waals surface area contributed by atoms with Crippen LogP contribution in [-0.4, -0.2) is 11.7 Å². The Bertz CT molecular complexity index is 522. The Labute approximate surface area is 114 Å². The summed E-state index contributed by atoms with van der Waals surface area (Å²) in [6, 6.07) is 9.91. The van der Waals surface area contributed by atoms with E-state index in [9.17, 15) is 13.9 Å². The number of thiophene rings is 1. The lowest BCUT2D eigenvalue weighted by molar-refractivity contribution is -0.0498. The highest BCUT2D eigenvalue weighted by atomic mass is 32.1. The van der Waals surface area contributed by atoms with E-state index in [1.54, 1.807) is 23.5 Å². The maximum absolute atomic E-state index is 12.0. The molecule has 1 aromatic heterocycles. The van der Waals surface area contributed by atoms with Crippen molar-refractivity contribution in [2.24, 2.45) is 0 Å². The van der Waals surface area contributed by atoms with Crippen LogP contribution in [0.4, 0.5) is 8.78 Å². The van der Waals surface area contributed by atoms with Crippen LogP contribution in [0.1, 0.15) is 28.3 Å². The molecule has 0 saturated heterocycles. The predicted molar refractivity (Wildman–Crippen MR) is 70.8 cm³/mol. The molecule has 0 radical (unpaired) electrons. The van der Waals surface area contributed by atoms with Crippen molar-refractivity contribution >= 4 is 11.3 Å². The van der Waals surface area contributed by atoms with Gasteiger partial charge in [0.25, 0.3) is 0 Å². The first-order valence-corrected chi connectivity index (χ1v) is 6.73. The monoisotopic (exact) mass is 284 g/mol. The van der Waals surface area contributed by atoms with Crippen molar-refractivity contribution in [2.75, 3.05) is 0 Å². The van der Waals surface area contributed by atoms with E-state index in [1.807, 2.05) is 12.1 Å². The van der Waals surface area contributed by atoms with E-state index in [4.69, 9.17) is 0 Å². The summed E-state index contributed by atoms with van der Waals surface area (Å²) in [6.07, 6.45) is 0.198. The molecule has 19 heavy (non-hydrogen) atoms. The van der Waals surface area contributed by atoms with Gasteiger partial charge < -0.3 is 9.84 Å². The van der Waals surface area contributed by atoms with Crippen molar-refractivity contribution in [3.05, 3.63) is 51.7 Å². The third-order valence-corrected chi connectivity index (χ3v) is 4.00. The average Bonchev–Trinajstić information content (AvgIpc) is 2.87. The lowest BCUT2D eigenvalue weighted by Gasteiger charge is -2.10. The number of ether oxygens (including phenoxy) is 1. The molecule has 0 bridgehead atoms. The summed E-state index contributed by atoms with van der Waals surface area (Å²) < 4.78 is 28.3. The smallest absolute Gasteiger partial charge is 0.387 e. The van der Waals surface area contributed by atoms with Gasteiger partial charge >= 0.3 is 6.61 Å². The van der Waals surface area contributed by atoms with Crippen LogP contribution >= 0.6 is 11.3 Å². The van der Waals surface area contributed by atoms with Gasteiger partial charge in [-0.25, -0.2) is 0 Å². The molecular formula is C14H14F2O2S. The van der Waals surface area contributed by atoms with Crippen molar-refractivity contribution < 1.29 is 18.6 Å². The molecule has 0 spiro atoms. The molecule has 0 aliphatic rings. The molecule has 2 aromatic rings. The number of hydrogen-bond acceptors (Lipinski definition) is 3. The second-order valence-electron chi connectivity index (χ2n) is 4.01. The fraction of sp³-hybridized carbons (Fsp3) is 0.286. The van der Waals surface area contributed by atoms with Crippen LogP contribution in [0.5, 0.6) is 5.75 Å². The van der Waals surface area contributed by atoms with Crippen molar-refractivity contribution in [3.8, 4) is 5.75 Å². The zero-order valence-electron chi connectivity index (χ0n) is 10.3. The van der Waals surface area contributed by atoms with Gasteiger partial charge in [0.2, 0.25) is 0 Å². The van der Waals surface area contributed by atoms with Gasteiger partial charge in [-0.1, -0.05) is 19.1 Å². The Balaban J connectivity index is 2.12. The minimum atomic E-state index is -2.83. The summed E-state index contributed by atoms with van der Waals surface area (Å²) >= 11 is 1.55. The van der Waals surface area contributed by atoms with E-state index < -0.39 is 12.7 Å². The van der Waals surface area contributed by atoms with Crippen LogP contribution in [0.25, 0.3) is 0 Å². The number of alkyl halides is 2. The number of aryl methyl sites for hydroxylation is 1. The van der Waals surface area contributed by atoms with Gasteiger partial charge in [-0.15, -0.1) is 11.3 Å². The summed E-state index contributed by atoms with van der Waals surface area (Å²) in [5.74, 6) is 0.0892. The molecule has 0 aliphatic heterocycles. The van der Waals surface area contributed by atoms with E-state index in [0.29, 0.717) is 5.56 Å². The van der Waals surface area contributed by atoms with E-state index in [-0.39, 0.29) is 5.75 Å². The summed E-state index contributed by atoms with van der Waals surface area (Å²) in [5.41, 5.74) is 0.658. The molecule has 1 atom stereocenters. The molecule has 0 saturated carbocycles. The number of aliphatic hydroxyl groups is 1. The average molecular weight is 284 g/mol. The molecule has 0 amide bonds. The molecule has 1 N–H and O–H groups in total. The van der Waals surface area contributed by atoms with Crippen LogP contribution in [0.2, 0.25) is 0 Å². The van der Waals surface area contributed by atoms with Crippen molar-refractivity contribution in [1.29, 1.82) is 0 Å². The van der Waals surface area contributed by atoms with Gasteiger partial charge in [0.05, 0.1) is 0 Å². The summed E-state index contributed by atoms with van der Waals surface area (Å²) in [4.78, 5) is 2.05. The summed E-state index contributed by atoms with van der Waals surface area (Å²) in [6.45, 7) is -0.779. The predicted octanol–water partition coefficient (Wildman–Crippen LogP) is 3.99. The van der Waals surface area contributed by atoms with Crippen molar-refractivity contribution in [3.63, 3.8) is 0 Å². The summed E-state index contributed by atoms with van der Waals surface area (Å²) in [7, 11) is 0. The van der Waals surface area contributed by atoms with Gasteiger partial charge in [0.1, 0.15) is 11.9 Å². The highest BCUT2D eigenvalue weighted by Gasteiger charge is 2.13. The number of benzene rings is 1. The van der Waals surface area contributed by atoms with Gasteiger partial charge in [0, 0.05) is 9.75 Å². The normalized spacial score (nSPS) is 12.7. The lowest BCUT2D eigenvalue weighted by Crippen LogP contribution is -2.02. The van der Waals surface area contributed by atoms with Gasteiger partial charge in [-0.05, 0) is 36.2 Å². The van der Waals surface area contributed by atoms with Crippen LogP contribution in [0.3, 0.4) is 0 Å². The van der Waals surface area contributed by atoms with E-state index in [1.165, 1.54) is 17.0 Å². The third-order valence-electron chi connectivity index (χ3n) is 2.72. The van der Waals surface area contributed by atoms with E-state index in [0.717, 1.165) is 11.3 Å². The molecule has 5 heteroatoms. The molecule has 102 valence electrons. The molecule has 0 aliphatic carbocycles. The minimum Gasteiger partial charge on any atom is -0.435 e. The largest absolute Gasteiger partial charge is 0.435 e. The molecule has 2 rings (SSSR count). The highest BCUT2D eigenvalue weighted by Crippen LogP contribution is 2.29. The maximum Gasteiger partial charge on any atom is 0.387 e. The Morgan fingerprint density at radius 1 is 1.16 bits per heavy atom. The second kappa shape index (κ2) is 6.12. The van der Waals surface area contributed by atoms with Crippen molar-refractivity contribution in [1.82, 2.24) is 0 Å². The Kier molecular flexibility index (Phi) is 4.50. The third kappa shape index (κ3) is 3.52. The second-order valence-corrected chi connectivity index (χ2v) is 5.21. The molecule has 1 heterocycles. The molecule has 1 aromatic carbocycles. The Morgan fingerprint density at radius 3 is 2.37 bits per heavy atom. The zero-order chi connectivity index (χ0) is 13.8. The standard InChI is InChI=1S/C14H14F2O2S/c1-2-11-7-8-12(19-11)13(17)9-3-5-10(6-4-9)18-14(15)16/h3-8,13-14,17H,2H2,1H3. The maximum atomic E-state index is 12.0. The first kappa shape index (κ1) is 14.0. The van der Waals surface area contributed by atoms with E-state index >= 15 is 0 Å². The SMILES string of the molecule is CCc1ccc(C(O)c2ccc(OC(F)F)cc2)s1. The zero-order valence-corrected chi connectivity index (χ0v) is 11.2. The fourth-order valence-electron chi connectivity index (χ4n) is 1.73. The Hall–Kier alpha value is -1.46. The van der Waals surface area contributed by atoms with E-state index in [2.05, 4.69) is 11.7 Å². The summed E-state index contributed by atoms with van der Waals surface area (Å²) in [5, 5.41) is 10.2. The fourth-order valence-corrected chi connectivity index (χ4v) is 2.69. The number of halogens is 2. The molecular weight excluding hydrogens is 270 g/mol. The minimum absolute atomic E-state index is 0.0892. The first-order valence-electron chi connectivity index (χ1n) is 5.91. The lowest BCUT2D eigenvalue weighted by atomic mass is 10.1. The van der Waals surface area contributed by atoms with Crippen LogP contribution < -0.4 is 4.74 Å². The Morgan fingerprint density at radius 2 is 1.84 bits per heavy atom. The van der Waals surface area contributed by atoms with Crippen LogP contribution in [-0.2, 0) is 6.42 Å². The van der Waals surface area contributed by atoms with Crippen LogP contribution in [0.15, 0.2) is 36.4 Å².